The number of aryl methyl sites for hydroxylation is 1. The number of carbonyl (C=O) groups is 1. The molecule has 0 unspecified atom stereocenters. The Morgan fingerprint density at radius 2 is 1.71 bits per heavy atom. The molecule has 0 saturated heterocycles. The summed E-state index contributed by atoms with van der Waals surface area (Å²) in [6, 6.07) is 19.1. The van der Waals surface area contributed by atoms with E-state index in [9.17, 15) is 4.79 Å². The molecule has 0 aliphatic carbocycles. The van der Waals surface area contributed by atoms with Gasteiger partial charge in [0, 0.05) is 16.5 Å². The second kappa shape index (κ2) is 5.53. The van der Waals surface area contributed by atoms with Gasteiger partial charge >= 0.3 is 0 Å². The molecule has 0 atom stereocenters. The summed E-state index contributed by atoms with van der Waals surface area (Å²) in [6.45, 7) is 1.94. The van der Waals surface area contributed by atoms with Crippen LogP contribution in [0.15, 0.2) is 65.1 Å². The Bertz CT molecular complexity index is 1060. The van der Waals surface area contributed by atoms with Crippen molar-refractivity contribution in [1.29, 1.82) is 0 Å². The third kappa shape index (κ3) is 2.17. The van der Waals surface area contributed by atoms with Gasteiger partial charge in [0.1, 0.15) is 11.3 Å². The van der Waals surface area contributed by atoms with E-state index in [1.54, 1.807) is 31.4 Å². The monoisotopic (exact) mass is 316 g/mol. The van der Waals surface area contributed by atoms with Crippen LogP contribution >= 0.6 is 0 Å². The van der Waals surface area contributed by atoms with Gasteiger partial charge in [-0.25, -0.2) is 0 Å². The van der Waals surface area contributed by atoms with Gasteiger partial charge in [-0.15, -0.1) is 0 Å². The summed E-state index contributed by atoms with van der Waals surface area (Å²) in [5, 5.41) is 3.24. The van der Waals surface area contributed by atoms with Crippen molar-refractivity contribution in [3.8, 4) is 5.75 Å². The summed E-state index contributed by atoms with van der Waals surface area (Å²) < 4.78 is 11.0. The van der Waals surface area contributed by atoms with Gasteiger partial charge in [-0.2, -0.15) is 0 Å². The predicted octanol–water partition coefficient (Wildman–Crippen LogP) is 5.13. The van der Waals surface area contributed by atoms with Crippen LogP contribution in [0.1, 0.15) is 21.7 Å². The Morgan fingerprint density at radius 1 is 0.958 bits per heavy atom. The van der Waals surface area contributed by atoms with Gasteiger partial charge in [0.05, 0.1) is 7.11 Å². The first-order valence-corrected chi connectivity index (χ1v) is 7.78. The Balaban J connectivity index is 1.88. The molecule has 0 radical (unpaired) electrons. The van der Waals surface area contributed by atoms with Crippen molar-refractivity contribution in [2.24, 2.45) is 0 Å². The first kappa shape index (κ1) is 14.5. The zero-order chi connectivity index (χ0) is 16.7. The van der Waals surface area contributed by atoms with Crippen molar-refractivity contribution >= 4 is 27.5 Å². The maximum Gasteiger partial charge on any atom is 0.228 e. The summed E-state index contributed by atoms with van der Waals surface area (Å²) in [5.41, 5.74) is 2.20. The fraction of sp³-hybridized carbons (Fsp3) is 0.0952. The van der Waals surface area contributed by atoms with E-state index >= 15 is 0 Å². The fourth-order valence-electron chi connectivity index (χ4n) is 3.11. The Morgan fingerprint density at radius 3 is 2.46 bits per heavy atom. The smallest absolute Gasteiger partial charge is 0.228 e. The van der Waals surface area contributed by atoms with Crippen molar-refractivity contribution in [2.75, 3.05) is 7.11 Å². The molecule has 0 aliphatic heterocycles. The summed E-state index contributed by atoms with van der Waals surface area (Å²) in [7, 11) is 1.60. The lowest BCUT2D eigenvalue weighted by atomic mass is 10.0. The second-order valence-electron chi connectivity index (χ2n) is 5.77. The zero-order valence-electron chi connectivity index (χ0n) is 13.5. The van der Waals surface area contributed by atoms with Crippen LogP contribution < -0.4 is 4.74 Å². The Hall–Kier alpha value is -3.07. The second-order valence-corrected chi connectivity index (χ2v) is 5.77. The van der Waals surface area contributed by atoms with Gasteiger partial charge in [0.25, 0.3) is 0 Å². The zero-order valence-corrected chi connectivity index (χ0v) is 13.5. The van der Waals surface area contributed by atoms with E-state index in [4.69, 9.17) is 9.15 Å². The van der Waals surface area contributed by atoms with E-state index in [1.165, 1.54) is 0 Å². The van der Waals surface area contributed by atoms with Crippen LogP contribution in [-0.4, -0.2) is 12.9 Å². The third-order valence-electron chi connectivity index (χ3n) is 4.38. The van der Waals surface area contributed by atoms with E-state index in [0.717, 1.165) is 33.1 Å². The molecule has 0 aliphatic rings. The SMILES string of the molecule is COc1ccc(C(=O)c2oc3ccc4ccccc4c3c2C)cc1. The minimum absolute atomic E-state index is 0.115. The number of ketones is 1. The van der Waals surface area contributed by atoms with Crippen LogP contribution in [0.25, 0.3) is 21.7 Å². The molecule has 0 fully saturated rings. The number of methoxy groups -OCH3 is 1. The van der Waals surface area contributed by atoms with Crippen LogP contribution in [0.5, 0.6) is 5.75 Å². The van der Waals surface area contributed by atoms with Gasteiger partial charge < -0.3 is 9.15 Å². The molecule has 3 aromatic carbocycles. The number of fused-ring (bicyclic) bond motifs is 3. The molecule has 3 nitrogen and oxygen atoms in total. The van der Waals surface area contributed by atoms with E-state index in [-0.39, 0.29) is 5.78 Å². The molecular formula is C21H16O3. The summed E-state index contributed by atoms with van der Waals surface area (Å²) in [6.07, 6.45) is 0. The highest BCUT2D eigenvalue weighted by Gasteiger charge is 2.20. The molecular weight excluding hydrogens is 300 g/mol. The standard InChI is InChI=1S/C21H16O3/c1-13-19-17-6-4-3-5-14(17)9-12-18(19)24-21(13)20(22)15-7-10-16(23-2)11-8-15/h3-12H,1-2H3. The quantitative estimate of drug-likeness (QED) is 0.492. The van der Waals surface area contributed by atoms with E-state index in [2.05, 4.69) is 12.1 Å². The molecule has 0 saturated carbocycles. The van der Waals surface area contributed by atoms with Crippen LogP contribution in [0.4, 0.5) is 0 Å². The molecule has 3 heteroatoms. The lowest BCUT2D eigenvalue weighted by Gasteiger charge is -2.02. The lowest BCUT2D eigenvalue weighted by Crippen LogP contribution is -2.01. The minimum atomic E-state index is -0.115. The van der Waals surface area contributed by atoms with E-state index < -0.39 is 0 Å². The summed E-state index contributed by atoms with van der Waals surface area (Å²) in [4.78, 5) is 12.8. The minimum Gasteiger partial charge on any atom is -0.497 e. The molecule has 0 spiro atoms. The van der Waals surface area contributed by atoms with E-state index in [1.807, 2.05) is 31.2 Å². The normalized spacial score (nSPS) is 11.1. The van der Waals surface area contributed by atoms with Crippen LogP contribution in [0.2, 0.25) is 0 Å². The van der Waals surface area contributed by atoms with Crippen molar-refractivity contribution in [3.05, 3.63) is 77.6 Å². The average Bonchev–Trinajstić information content (AvgIpc) is 2.98. The number of benzene rings is 3. The number of ether oxygens (including phenoxy) is 1. The molecule has 1 heterocycles. The van der Waals surface area contributed by atoms with Gasteiger partial charge in [-0.3, -0.25) is 4.79 Å². The van der Waals surface area contributed by atoms with E-state index in [0.29, 0.717) is 11.3 Å². The van der Waals surface area contributed by atoms with Crippen LogP contribution in [0.3, 0.4) is 0 Å². The molecule has 0 bridgehead atoms. The van der Waals surface area contributed by atoms with Gasteiger partial charge in [-0.1, -0.05) is 30.3 Å². The molecule has 4 rings (SSSR count). The molecule has 118 valence electrons. The molecule has 0 amide bonds. The largest absolute Gasteiger partial charge is 0.497 e. The van der Waals surface area contributed by atoms with Crippen molar-refractivity contribution in [2.45, 2.75) is 6.92 Å². The topological polar surface area (TPSA) is 39.4 Å². The van der Waals surface area contributed by atoms with Crippen LogP contribution in [-0.2, 0) is 0 Å². The maximum atomic E-state index is 12.8. The lowest BCUT2D eigenvalue weighted by molar-refractivity contribution is 0.101. The van der Waals surface area contributed by atoms with Crippen molar-refractivity contribution in [1.82, 2.24) is 0 Å². The van der Waals surface area contributed by atoms with Crippen molar-refractivity contribution in [3.63, 3.8) is 0 Å². The van der Waals surface area contributed by atoms with Gasteiger partial charge in [0.2, 0.25) is 5.78 Å². The first-order valence-electron chi connectivity index (χ1n) is 7.78. The highest BCUT2D eigenvalue weighted by molar-refractivity contribution is 6.15. The van der Waals surface area contributed by atoms with Gasteiger partial charge in [0.15, 0.2) is 5.76 Å². The maximum absolute atomic E-state index is 12.8. The first-order chi connectivity index (χ1) is 11.7. The average molecular weight is 316 g/mol. The highest BCUT2D eigenvalue weighted by Crippen LogP contribution is 2.33. The predicted molar refractivity (Wildman–Crippen MR) is 94.9 cm³/mol. The summed E-state index contributed by atoms with van der Waals surface area (Å²) in [5.74, 6) is 1.00. The molecule has 1 aromatic heterocycles. The van der Waals surface area contributed by atoms with Crippen molar-refractivity contribution < 1.29 is 13.9 Å². The highest BCUT2D eigenvalue weighted by atomic mass is 16.5. The van der Waals surface area contributed by atoms with Crippen LogP contribution in [0, 0.1) is 6.92 Å². The molecule has 4 aromatic rings. The number of carbonyl (C=O) groups excluding carboxylic acids is 1. The number of hydrogen-bond donors (Lipinski definition) is 0. The Labute approximate surface area is 139 Å². The fourth-order valence-corrected chi connectivity index (χ4v) is 3.11. The molecule has 0 N–H and O–H groups in total. The number of furan rings is 1. The Kier molecular flexibility index (Phi) is 3.35. The third-order valence-corrected chi connectivity index (χ3v) is 4.38. The molecule has 24 heavy (non-hydrogen) atoms. The number of rotatable bonds is 3. The van der Waals surface area contributed by atoms with Gasteiger partial charge in [-0.05, 0) is 48.0 Å². The number of hydrogen-bond acceptors (Lipinski definition) is 3. The summed E-state index contributed by atoms with van der Waals surface area (Å²) >= 11 is 0.